The van der Waals surface area contributed by atoms with E-state index in [0.29, 0.717) is 17.1 Å². The number of hydrogen-bond acceptors (Lipinski definition) is 4. The van der Waals surface area contributed by atoms with E-state index in [9.17, 15) is 9.59 Å². The highest BCUT2D eigenvalue weighted by Crippen LogP contribution is 2.17. The van der Waals surface area contributed by atoms with E-state index < -0.39 is 11.8 Å². The highest BCUT2D eigenvalue weighted by Gasteiger charge is 2.20. The number of nitrogens with zero attached hydrogens (tertiary/aromatic N) is 1. The van der Waals surface area contributed by atoms with Gasteiger partial charge in [-0.2, -0.15) is 0 Å². The van der Waals surface area contributed by atoms with Crippen molar-refractivity contribution in [3.05, 3.63) is 71.8 Å². The van der Waals surface area contributed by atoms with Crippen molar-refractivity contribution in [1.29, 1.82) is 0 Å². The Morgan fingerprint density at radius 1 is 0.923 bits per heavy atom. The molecular formula is C19H18N4O3. The first-order valence-electron chi connectivity index (χ1n) is 7.93. The molecule has 1 heterocycles. The first-order chi connectivity index (χ1) is 12.6. The lowest BCUT2D eigenvalue weighted by molar-refractivity contribution is 0.0985. The zero-order valence-electron chi connectivity index (χ0n) is 14.4. The quantitative estimate of drug-likeness (QED) is 0.658. The van der Waals surface area contributed by atoms with Crippen LogP contribution in [0.15, 0.2) is 54.9 Å². The number of H-pyrrole nitrogens is 1. The molecule has 0 bridgehead atoms. The van der Waals surface area contributed by atoms with Crippen LogP contribution in [0.3, 0.4) is 0 Å². The Balaban J connectivity index is 1.73. The van der Waals surface area contributed by atoms with Gasteiger partial charge in [-0.1, -0.05) is 17.7 Å². The fraction of sp³-hybridized carbons (Fsp3) is 0.105. The van der Waals surface area contributed by atoms with E-state index in [1.54, 1.807) is 43.5 Å². The number of carbonyl (C=O) groups is 2. The summed E-state index contributed by atoms with van der Waals surface area (Å²) in [4.78, 5) is 31.6. The predicted molar refractivity (Wildman–Crippen MR) is 98.7 cm³/mol. The van der Waals surface area contributed by atoms with Crippen LogP contribution in [0.1, 0.15) is 26.5 Å². The molecule has 0 aliphatic carbocycles. The summed E-state index contributed by atoms with van der Waals surface area (Å²) in [6.07, 6.45) is 1.31. The maximum atomic E-state index is 12.4. The summed E-state index contributed by atoms with van der Waals surface area (Å²) in [5, 5.41) is 5.44. The molecule has 0 saturated carbocycles. The number of aromatic nitrogens is 2. The smallest absolute Gasteiger partial charge is 0.276 e. The van der Waals surface area contributed by atoms with Gasteiger partial charge >= 0.3 is 0 Å². The van der Waals surface area contributed by atoms with Crippen LogP contribution in [0.25, 0.3) is 0 Å². The first kappa shape index (κ1) is 17.2. The third kappa shape index (κ3) is 3.89. The Morgan fingerprint density at radius 3 is 2.12 bits per heavy atom. The Kier molecular flexibility index (Phi) is 4.98. The Labute approximate surface area is 150 Å². The molecule has 3 N–H and O–H groups in total. The minimum Gasteiger partial charge on any atom is -0.497 e. The Hall–Kier alpha value is -3.61. The highest BCUT2D eigenvalue weighted by molar-refractivity contribution is 6.13. The van der Waals surface area contributed by atoms with Crippen LogP contribution in [-0.4, -0.2) is 28.9 Å². The zero-order chi connectivity index (χ0) is 18.5. The number of aromatic amines is 1. The second kappa shape index (κ2) is 7.52. The third-order valence-corrected chi connectivity index (χ3v) is 3.74. The van der Waals surface area contributed by atoms with Crippen LogP contribution >= 0.6 is 0 Å². The van der Waals surface area contributed by atoms with E-state index in [2.05, 4.69) is 20.6 Å². The molecule has 0 fully saturated rings. The summed E-state index contributed by atoms with van der Waals surface area (Å²) >= 11 is 0. The average molecular weight is 350 g/mol. The molecule has 26 heavy (non-hydrogen) atoms. The number of hydrogen-bond donors (Lipinski definition) is 3. The molecule has 0 unspecified atom stereocenters. The van der Waals surface area contributed by atoms with Gasteiger partial charge in [0, 0.05) is 11.4 Å². The van der Waals surface area contributed by atoms with E-state index in [1.165, 1.54) is 6.33 Å². The van der Waals surface area contributed by atoms with Crippen molar-refractivity contribution in [3.63, 3.8) is 0 Å². The second-order valence-corrected chi connectivity index (χ2v) is 5.63. The number of methoxy groups -OCH3 is 1. The largest absolute Gasteiger partial charge is 0.497 e. The van der Waals surface area contributed by atoms with Gasteiger partial charge in [0.05, 0.1) is 13.4 Å². The maximum Gasteiger partial charge on any atom is 0.276 e. The summed E-state index contributed by atoms with van der Waals surface area (Å²) in [6, 6.07) is 14.2. The van der Waals surface area contributed by atoms with E-state index in [1.807, 2.05) is 19.1 Å². The summed E-state index contributed by atoms with van der Waals surface area (Å²) in [5.74, 6) is -0.238. The predicted octanol–water partition coefficient (Wildman–Crippen LogP) is 3.23. The maximum absolute atomic E-state index is 12.4. The number of amides is 2. The van der Waals surface area contributed by atoms with Gasteiger partial charge in [-0.25, -0.2) is 4.98 Å². The highest BCUT2D eigenvalue weighted by atomic mass is 16.5. The van der Waals surface area contributed by atoms with Gasteiger partial charge in [0.15, 0.2) is 5.69 Å². The first-order valence-corrected chi connectivity index (χ1v) is 7.93. The molecule has 0 spiro atoms. The van der Waals surface area contributed by atoms with Crippen LogP contribution in [0, 0.1) is 6.92 Å². The lowest BCUT2D eigenvalue weighted by atomic mass is 10.2. The van der Waals surface area contributed by atoms with Gasteiger partial charge < -0.3 is 20.4 Å². The van der Waals surface area contributed by atoms with Crippen molar-refractivity contribution in [2.24, 2.45) is 0 Å². The van der Waals surface area contributed by atoms with Gasteiger partial charge in [-0.15, -0.1) is 0 Å². The second-order valence-electron chi connectivity index (χ2n) is 5.63. The molecule has 2 aromatic carbocycles. The standard InChI is InChI=1S/C19H18N4O3/c1-12-3-5-13(6-4-12)22-18(24)16-17(21-11-20-16)19(25)23-14-7-9-15(26-2)10-8-14/h3-11H,1-2H3,(H,20,21)(H,22,24)(H,23,25). The molecule has 0 atom stereocenters. The van der Waals surface area contributed by atoms with E-state index >= 15 is 0 Å². The van der Waals surface area contributed by atoms with Gasteiger partial charge in [0.1, 0.15) is 11.4 Å². The van der Waals surface area contributed by atoms with Crippen molar-refractivity contribution < 1.29 is 14.3 Å². The molecule has 0 saturated heterocycles. The topological polar surface area (TPSA) is 96.1 Å². The van der Waals surface area contributed by atoms with Crippen molar-refractivity contribution in [2.45, 2.75) is 6.92 Å². The van der Waals surface area contributed by atoms with Crippen molar-refractivity contribution >= 4 is 23.2 Å². The van der Waals surface area contributed by atoms with Crippen molar-refractivity contribution in [3.8, 4) is 5.75 Å². The summed E-state index contributed by atoms with van der Waals surface area (Å²) in [6.45, 7) is 1.96. The molecule has 7 heteroatoms. The van der Waals surface area contributed by atoms with Crippen LogP contribution in [0.4, 0.5) is 11.4 Å². The monoisotopic (exact) mass is 350 g/mol. The van der Waals surface area contributed by atoms with Crippen LogP contribution in [-0.2, 0) is 0 Å². The van der Waals surface area contributed by atoms with Gasteiger partial charge in [0.25, 0.3) is 11.8 Å². The minimum atomic E-state index is -0.481. The van der Waals surface area contributed by atoms with E-state index in [0.717, 1.165) is 5.56 Å². The molecule has 0 aliphatic heterocycles. The molecule has 0 radical (unpaired) electrons. The minimum absolute atomic E-state index is 0.0189. The fourth-order valence-electron chi connectivity index (χ4n) is 2.33. The van der Waals surface area contributed by atoms with Crippen LogP contribution in [0.5, 0.6) is 5.75 Å². The average Bonchev–Trinajstić information content (AvgIpc) is 3.14. The molecule has 0 aliphatic rings. The van der Waals surface area contributed by atoms with Gasteiger partial charge in [-0.05, 0) is 43.3 Å². The van der Waals surface area contributed by atoms with Gasteiger partial charge in [0.2, 0.25) is 0 Å². The summed E-state index contributed by atoms with van der Waals surface area (Å²) in [5.41, 5.74) is 2.41. The molecule has 3 aromatic rings. The summed E-state index contributed by atoms with van der Waals surface area (Å²) < 4.78 is 5.08. The molecule has 132 valence electrons. The zero-order valence-corrected chi connectivity index (χ0v) is 14.4. The van der Waals surface area contributed by atoms with E-state index in [4.69, 9.17) is 4.74 Å². The molecule has 1 aromatic heterocycles. The normalized spacial score (nSPS) is 10.2. The molecule has 7 nitrogen and oxygen atoms in total. The van der Waals surface area contributed by atoms with Crippen LogP contribution in [0.2, 0.25) is 0 Å². The third-order valence-electron chi connectivity index (χ3n) is 3.74. The lowest BCUT2D eigenvalue weighted by Gasteiger charge is -2.07. The number of nitrogens with one attached hydrogen (secondary N) is 3. The molecule has 2 amide bonds. The SMILES string of the molecule is COc1ccc(NC(=O)c2nc[nH]c2C(=O)Nc2ccc(C)cc2)cc1. The fourth-order valence-corrected chi connectivity index (χ4v) is 2.33. The van der Waals surface area contributed by atoms with Crippen LogP contribution < -0.4 is 15.4 Å². The molecular weight excluding hydrogens is 332 g/mol. The number of imidazole rings is 1. The van der Waals surface area contributed by atoms with Gasteiger partial charge in [-0.3, -0.25) is 9.59 Å². The number of rotatable bonds is 5. The number of carbonyl (C=O) groups excluding carboxylic acids is 2. The number of anilines is 2. The molecule has 3 rings (SSSR count). The number of benzene rings is 2. The lowest BCUT2D eigenvalue weighted by Crippen LogP contribution is -2.20. The number of aryl methyl sites for hydroxylation is 1. The van der Waals surface area contributed by atoms with Crippen molar-refractivity contribution in [2.75, 3.05) is 17.7 Å². The Morgan fingerprint density at radius 2 is 1.50 bits per heavy atom. The summed E-state index contributed by atoms with van der Waals surface area (Å²) in [7, 11) is 1.57. The van der Waals surface area contributed by atoms with Crippen molar-refractivity contribution in [1.82, 2.24) is 9.97 Å². The van der Waals surface area contributed by atoms with E-state index in [-0.39, 0.29) is 11.4 Å². The number of ether oxygens (including phenoxy) is 1. The Bertz CT molecular complexity index is 915.